The van der Waals surface area contributed by atoms with Crippen molar-refractivity contribution in [3.05, 3.63) is 211 Å². The number of oxazole rings is 1. The fourth-order valence-corrected chi connectivity index (χ4v) is 8.94. The number of benzene rings is 9. The predicted octanol–water partition coefficient (Wildman–Crippen LogP) is 15.0. The Morgan fingerprint density at radius 2 is 0.914 bits per heavy atom. The molecule has 1 aliphatic rings. The van der Waals surface area contributed by atoms with Gasteiger partial charge in [0, 0.05) is 45.1 Å². The van der Waals surface area contributed by atoms with Gasteiger partial charge < -0.3 is 14.2 Å². The molecule has 1 aliphatic carbocycles. The molecule has 276 valence electrons. The Labute approximate surface area is 337 Å². The predicted molar refractivity (Wildman–Crippen MR) is 241 cm³/mol. The summed E-state index contributed by atoms with van der Waals surface area (Å²) in [5, 5.41) is 4.89. The highest BCUT2D eigenvalue weighted by Gasteiger charge is 2.37. The van der Waals surface area contributed by atoms with Gasteiger partial charge in [-0.25, -0.2) is 4.98 Å². The summed E-state index contributed by atoms with van der Waals surface area (Å²) in [6.07, 6.45) is 0. The maximum Gasteiger partial charge on any atom is 0.227 e. The molecule has 0 N–H and O–H groups in total. The molecule has 0 spiro atoms. The van der Waals surface area contributed by atoms with Crippen LogP contribution in [0, 0.1) is 0 Å². The smallest absolute Gasteiger partial charge is 0.227 e. The number of anilines is 6. The first-order valence-electron chi connectivity index (χ1n) is 19.9. The first-order valence-corrected chi connectivity index (χ1v) is 19.9. The Morgan fingerprint density at radius 1 is 0.414 bits per heavy atom. The van der Waals surface area contributed by atoms with Crippen molar-refractivity contribution in [3.8, 4) is 22.6 Å². The molecule has 4 nitrogen and oxygen atoms in total. The van der Waals surface area contributed by atoms with Gasteiger partial charge in [-0.3, -0.25) is 0 Å². The van der Waals surface area contributed by atoms with Crippen LogP contribution in [0.2, 0.25) is 0 Å². The number of nitrogens with zero attached hydrogens (tertiary/aromatic N) is 3. The first-order chi connectivity index (χ1) is 28.5. The van der Waals surface area contributed by atoms with Crippen molar-refractivity contribution in [2.75, 3.05) is 9.80 Å². The molecule has 1 aromatic heterocycles. The van der Waals surface area contributed by atoms with E-state index in [4.69, 9.17) is 9.40 Å². The number of aromatic nitrogens is 1. The molecule has 0 atom stereocenters. The highest BCUT2D eigenvalue weighted by Crippen LogP contribution is 2.52. The molecule has 0 radical (unpaired) electrons. The second-order valence-electron chi connectivity index (χ2n) is 15.7. The third-order valence-corrected chi connectivity index (χ3v) is 11.8. The van der Waals surface area contributed by atoms with Crippen LogP contribution < -0.4 is 9.80 Å². The summed E-state index contributed by atoms with van der Waals surface area (Å²) in [4.78, 5) is 9.59. The van der Waals surface area contributed by atoms with E-state index in [1.165, 1.54) is 43.8 Å². The second kappa shape index (κ2) is 13.4. The lowest BCUT2D eigenvalue weighted by Gasteiger charge is -2.29. The van der Waals surface area contributed by atoms with Crippen LogP contribution in [0.25, 0.3) is 55.2 Å². The first kappa shape index (κ1) is 33.9. The molecule has 0 amide bonds. The van der Waals surface area contributed by atoms with Crippen molar-refractivity contribution in [2.24, 2.45) is 0 Å². The number of hydrogen-bond acceptors (Lipinski definition) is 4. The summed E-state index contributed by atoms with van der Waals surface area (Å²) < 4.78 is 6.38. The molecule has 0 bridgehead atoms. The van der Waals surface area contributed by atoms with Crippen LogP contribution in [0.3, 0.4) is 0 Å². The van der Waals surface area contributed by atoms with Crippen molar-refractivity contribution in [1.29, 1.82) is 0 Å². The Bertz CT molecular complexity index is 3100. The molecule has 0 unspecified atom stereocenters. The van der Waals surface area contributed by atoms with Crippen LogP contribution in [0.4, 0.5) is 34.1 Å². The summed E-state index contributed by atoms with van der Waals surface area (Å²) in [7, 11) is 0. The molecule has 11 rings (SSSR count). The van der Waals surface area contributed by atoms with Crippen molar-refractivity contribution in [2.45, 2.75) is 19.3 Å². The summed E-state index contributed by atoms with van der Waals surface area (Å²) in [6, 6.07) is 71.4. The Hall–Kier alpha value is -7.43. The Morgan fingerprint density at radius 3 is 1.53 bits per heavy atom. The Kier molecular flexibility index (Phi) is 7.80. The van der Waals surface area contributed by atoms with E-state index < -0.39 is 0 Å². The Balaban J connectivity index is 1.03. The van der Waals surface area contributed by atoms with Crippen LogP contribution in [0.1, 0.15) is 25.0 Å². The number of para-hydroxylation sites is 3. The number of rotatable bonds is 7. The van der Waals surface area contributed by atoms with E-state index in [-0.39, 0.29) is 5.41 Å². The number of fused-ring (bicyclic) bond motifs is 7. The van der Waals surface area contributed by atoms with Crippen molar-refractivity contribution in [3.63, 3.8) is 0 Å². The molecular weight excluding hydrogens is 707 g/mol. The average Bonchev–Trinajstić information content (AvgIpc) is 3.79. The van der Waals surface area contributed by atoms with E-state index in [0.717, 1.165) is 50.8 Å². The lowest BCUT2D eigenvalue weighted by molar-refractivity contribution is 0.619. The van der Waals surface area contributed by atoms with E-state index in [2.05, 4.69) is 194 Å². The maximum absolute atomic E-state index is 6.38. The zero-order chi connectivity index (χ0) is 38.8. The van der Waals surface area contributed by atoms with Gasteiger partial charge >= 0.3 is 0 Å². The summed E-state index contributed by atoms with van der Waals surface area (Å²) in [6.45, 7) is 4.65. The summed E-state index contributed by atoms with van der Waals surface area (Å²) >= 11 is 0. The molecule has 0 fully saturated rings. The molecular formula is C54H39N3O. The van der Waals surface area contributed by atoms with Gasteiger partial charge in [0.25, 0.3) is 0 Å². The fraction of sp³-hybridized carbons (Fsp3) is 0.0556. The van der Waals surface area contributed by atoms with Gasteiger partial charge in [0.1, 0.15) is 5.52 Å². The SMILES string of the molecule is CC1(C)c2cc3ccc4cc(N(c5ccccc5)c5cccc(N(c6ccccc6)c6ccccc6)c5)ccc4c3cc2-c2cc3oc(-c4ccccc4)nc3cc21. The van der Waals surface area contributed by atoms with Crippen molar-refractivity contribution in [1.82, 2.24) is 4.98 Å². The largest absolute Gasteiger partial charge is 0.436 e. The van der Waals surface area contributed by atoms with Crippen LogP contribution in [0.5, 0.6) is 0 Å². The number of hydrogen-bond donors (Lipinski definition) is 0. The van der Waals surface area contributed by atoms with Crippen molar-refractivity contribution >= 4 is 66.8 Å². The fourth-order valence-electron chi connectivity index (χ4n) is 8.94. The van der Waals surface area contributed by atoms with Gasteiger partial charge in [-0.05, 0) is 147 Å². The van der Waals surface area contributed by atoms with Gasteiger partial charge in [0.2, 0.25) is 5.89 Å². The third kappa shape index (κ3) is 5.56. The van der Waals surface area contributed by atoms with Crippen LogP contribution in [-0.2, 0) is 5.41 Å². The standard InChI is InChI=1S/C54H39N3O/c1-54(2)49-31-38-27-26-37-30-44(28-29-45(37)46(38)33-47(49)48-34-52-51(35-50(48)54)55-53(58-52)36-16-7-3-8-17-36)57(41-22-13-6-14-23-41)43-25-15-24-42(32-43)56(39-18-9-4-10-19-39)40-20-11-5-12-21-40/h3-35H,1-2H3. The van der Waals surface area contributed by atoms with E-state index in [1.807, 2.05) is 30.3 Å². The molecule has 9 aromatic carbocycles. The monoisotopic (exact) mass is 745 g/mol. The van der Waals surface area contributed by atoms with E-state index in [9.17, 15) is 0 Å². The van der Waals surface area contributed by atoms with Gasteiger partial charge in [0.15, 0.2) is 5.58 Å². The van der Waals surface area contributed by atoms with Crippen molar-refractivity contribution < 1.29 is 4.42 Å². The molecule has 58 heavy (non-hydrogen) atoms. The molecule has 0 aliphatic heterocycles. The molecule has 4 heteroatoms. The zero-order valence-electron chi connectivity index (χ0n) is 32.3. The third-order valence-electron chi connectivity index (χ3n) is 11.8. The minimum Gasteiger partial charge on any atom is -0.436 e. The second-order valence-corrected chi connectivity index (χ2v) is 15.7. The zero-order valence-corrected chi connectivity index (χ0v) is 32.3. The molecule has 0 saturated carbocycles. The normalized spacial score (nSPS) is 12.8. The average molecular weight is 746 g/mol. The molecule has 1 heterocycles. The van der Waals surface area contributed by atoms with Crippen LogP contribution in [0.15, 0.2) is 205 Å². The topological polar surface area (TPSA) is 32.5 Å². The van der Waals surface area contributed by atoms with E-state index >= 15 is 0 Å². The van der Waals surface area contributed by atoms with E-state index in [0.29, 0.717) is 5.89 Å². The highest BCUT2D eigenvalue weighted by molar-refractivity contribution is 6.11. The van der Waals surface area contributed by atoms with Crippen LogP contribution in [-0.4, -0.2) is 4.98 Å². The van der Waals surface area contributed by atoms with Gasteiger partial charge in [-0.1, -0.05) is 111 Å². The minimum atomic E-state index is -0.182. The maximum atomic E-state index is 6.38. The highest BCUT2D eigenvalue weighted by atomic mass is 16.3. The quantitative estimate of drug-likeness (QED) is 0.152. The van der Waals surface area contributed by atoms with Gasteiger partial charge in [-0.15, -0.1) is 0 Å². The molecule has 0 saturated heterocycles. The summed E-state index contributed by atoms with van der Waals surface area (Å²) in [5.41, 5.74) is 14.1. The minimum absolute atomic E-state index is 0.182. The lowest BCUT2D eigenvalue weighted by atomic mass is 9.81. The lowest BCUT2D eigenvalue weighted by Crippen LogP contribution is -2.14. The van der Waals surface area contributed by atoms with Gasteiger partial charge in [0.05, 0.1) is 0 Å². The van der Waals surface area contributed by atoms with Gasteiger partial charge in [-0.2, -0.15) is 0 Å². The molecule has 10 aromatic rings. The summed E-state index contributed by atoms with van der Waals surface area (Å²) in [5.74, 6) is 0.651. The van der Waals surface area contributed by atoms with E-state index in [1.54, 1.807) is 0 Å². The van der Waals surface area contributed by atoms with Crippen LogP contribution >= 0.6 is 0 Å².